The average Bonchev–Trinajstić information content (AvgIpc) is 3.54. The standard InChI is InChI=1S/C31H26ClFN6O6/c1-15-27(39(45)28(34-15)21-4-3-5-22(32)26(21)33)30(42)38-24(12-17-6-8-19(9-7-17)35-16(2)40)29(41)36-20-10-11-23-18(13-20)14-25(37-23)31(43)44/h3-11,13-14,24,37,45H,12H2,1-2H3,(H,35,40)(H,36,41)(H,38,42)(H,43,44)/t24-/m0/s1. The minimum absolute atomic E-state index is 0.00186. The van der Waals surface area contributed by atoms with Crippen molar-refractivity contribution in [2.75, 3.05) is 10.6 Å². The summed E-state index contributed by atoms with van der Waals surface area (Å²) in [6, 6.07) is 15.8. The van der Waals surface area contributed by atoms with Crippen molar-refractivity contribution in [1.29, 1.82) is 0 Å². The van der Waals surface area contributed by atoms with E-state index in [1.807, 2.05) is 0 Å². The van der Waals surface area contributed by atoms with Gasteiger partial charge in [-0.05, 0) is 61.0 Å². The molecule has 2 heterocycles. The number of aromatic carboxylic acids is 1. The zero-order chi connectivity index (χ0) is 32.4. The van der Waals surface area contributed by atoms with Crippen LogP contribution in [0, 0.1) is 12.7 Å². The number of H-pyrrole nitrogens is 1. The molecule has 0 spiro atoms. The molecule has 3 amide bonds. The molecule has 0 aliphatic carbocycles. The zero-order valence-corrected chi connectivity index (χ0v) is 24.6. The highest BCUT2D eigenvalue weighted by molar-refractivity contribution is 6.31. The second kappa shape index (κ2) is 12.5. The van der Waals surface area contributed by atoms with Gasteiger partial charge in [-0.25, -0.2) is 14.2 Å². The summed E-state index contributed by atoms with van der Waals surface area (Å²) in [4.78, 5) is 56.8. The van der Waals surface area contributed by atoms with Gasteiger partial charge in [0.2, 0.25) is 11.8 Å². The first-order valence-electron chi connectivity index (χ1n) is 13.5. The molecule has 45 heavy (non-hydrogen) atoms. The number of aromatic nitrogens is 3. The molecule has 0 radical (unpaired) electrons. The Morgan fingerprint density at radius 3 is 2.42 bits per heavy atom. The van der Waals surface area contributed by atoms with Crippen molar-refractivity contribution in [3.63, 3.8) is 0 Å². The zero-order valence-electron chi connectivity index (χ0n) is 23.8. The number of nitrogens with one attached hydrogen (secondary N) is 4. The number of aromatic amines is 1. The van der Waals surface area contributed by atoms with Gasteiger partial charge in [0.25, 0.3) is 5.91 Å². The fraction of sp³-hybridized carbons (Fsp3) is 0.129. The molecule has 0 aliphatic heterocycles. The fourth-order valence-corrected chi connectivity index (χ4v) is 4.96. The molecule has 0 bridgehead atoms. The third-order valence-corrected chi connectivity index (χ3v) is 7.18. The first kappa shape index (κ1) is 30.8. The van der Waals surface area contributed by atoms with Crippen LogP contribution in [0.3, 0.4) is 0 Å². The predicted octanol–water partition coefficient (Wildman–Crippen LogP) is 5.01. The minimum Gasteiger partial charge on any atom is -0.477 e. The molecule has 5 rings (SSSR count). The molecule has 2 aromatic heterocycles. The molecule has 0 saturated carbocycles. The monoisotopic (exact) mass is 632 g/mol. The Labute approximate surface area is 259 Å². The van der Waals surface area contributed by atoms with Gasteiger partial charge in [-0.15, -0.1) is 0 Å². The molecule has 0 aliphatic rings. The van der Waals surface area contributed by atoms with Crippen LogP contribution in [0.25, 0.3) is 22.3 Å². The number of amides is 3. The third-order valence-electron chi connectivity index (χ3n) is 6.89. The van der Waals surface area contributed by atoms with Gasteiger partial charge in [-0.2, -0.15) is 4.73 Å². The summed E-state index contributed by atoms with van der Waals surface area (Å²) in [5.41, 5.74) is 1.65. The van der Waals surface area contributed by atoms with Crippen LogP contribution in [-0.4, -0.2) is 54.7 Å². The Kier molecular flexibility index (Phi) is 8.55. The van der Waals surface area contributed by atoms with Crippen LogP contribution in [0.1, 0.15) is 39.2 Å². The van der Waals surface area contributed by atoms with Gasteiger partial charge in [0.15, 0.2) is 17.3 Å². The molecule has 12 nitrogen and oxygen atoms in total. The summed E-state index contributed by atoms with van der Waals surface area (Å²) in [6.07, 6.45) is 0.00186. The number of imidazole rings is 1. The lowest BCUT2D eigenvalue weighted by molar-refractivity contribution is -0.118. The van der Waals surface area contributed by atoms with E-state index in [0.717, 1.165) is 0 Å². The van der Waals surface area contributed by atoms with E-state index in [1.165, 1.54) is 38.1 Å². The topological polar surface area (TPSA) is 178 Å². The molecule has 1 atom stereocenters. The van der Waals surface area contributed by atoms with Gasteiger partial charge in [-0.1, -0.05) is 29.8 Å². The second-order valence-corrected chi connectivity index (χ2v) is 10.6. The number of carbonyl (C=O) groups excluding carboxylic acids is 3. The lowest BCUT2D eigenvalue weighted by Gasteiger charge is -2.19. The van der Waals surface area contributed by atoms with Gasteiger partial charge in [0.05, 0.1) is 16.3 Å². The highest BCUT2D eigenvalue weighted by Gasteiger charge is 2.28. The number of aryl methyl sites for hydroxylation is 1. The van der Waals surface area contributed by atoms with Crippen LogP contribution in [0.4, 0.5) is 15.8 Å². The van der Waals surface area contributed by atoms with Crippen LogP contribution >= 0.6 is 11.6 Å². The average molecular weight is 633 g/mol. The van der Waals surface area contributed by atoms with Crippen molar-refractivity contribution in [1.82, 2.24) is 20.0 Å². The van der Waals surface area contributed by atoms with Crippen LogP contribution in [0.2, 0.25) is 5.02 Å². The summed E-state index contributed by atoms with van der Waals surface area (Å²) < 4.78 is 15.1. The Morgan fingerprint density at radius 1 is 1.02 bits per heavy atom. The number of hydrogen-bond acceptors (Lipinski definition) is 6. The number of anilines is 2. The van der Waals surface area contributed by atoms with Crippen molar-refractivity contribution in [2.45, 2.75) is 26.3 Å². The van der Waals surface area contributed by atoms with Gasteiger partial charge in [0.1, 0.15) is 11.7 Å². The van der Waals surface area contributed by atoms with E-state index < -0.39 is 29.6 Å². The summed E-state index contributed by atoms with van der Waals surface area (Å²) in [6.45, 7) is 2.82. The van der Waals surface area contributed by atoms with E-state index in [9.17, 15) is 33.9 Å². The van der Waals surface area contributed by atoms with Gasteiger partial charge >= 0.3 is 5.97 Å². The molecule has 6 N–H and O–H groups in total. The molecule has 0 unspecified atom stereocenters. The maximum Gasteiger partial charge on any atom is 0.352 e. The molecular weight excluding hydrogens is 607 g/mol. The first-order chi connectivity index (χ1) is 21.4. The van der Waals surface area contributed by atoms with E-state index in [2.05, 4.69) is 25.9 Å². The number of nitrogens with zero attached hydrogens (tertiary/aromatic N) is 2. The molecule has 3 aromatic carbocycles. The van der Waals surface area contributed by atoms with E-state index in [0.29, 0.717) is 32.6 Å². The molecule has 5 aromatic rings. The third kappa shape index (κ3) is 6.63. The molecular formula is C31H26ClFN6O6. The Hall–Kier alpha value is -5.69. The highest BCUT2D eigenvalue weighted by atomic mass is 35.5. The van der Waals surface area contributed by atoms with Gasteiger partial charge < -0.3 is 31.2 Å². The number of benzene rings is 3. The van der Waals surface area contributed by atoms with Crippen LogP contribution in [0.5, 0.6) is 0 Å². The predicted molar refractivity (Wildman–Crippen MR) is 164 cm³/mol. The highest BCUT2D eigenvalue weighted by Crippen LogP contribution is 2.28. The van der Waals surface area contributed by atoms with Crippen LogP contribution in [0.15, 0.2) is 66.7 Å². The quantitative estimate of drug-likeness (QED) is 0.124. The van der Waals surface area contributed by atoms with Crippen LogP contribution < -0.4 is 16.0 Å². The van der Waals surface area contributed by atoms with Crippen molar-refractivity contribution in [3.05, 3.63) is 100 Å². The summed E-state index contributed by atoms with van der Waals surface area (Å²) in [7, 11) is 0. The summed E-state index contributed by atoms with van der Waals surface area (Å²) >= 11 is 5.89. The molecule has 0 fully saturated rings. The lowest BCUT2D eigenvalue weighted by atomic mass is 10.0. The Balaban J connectivity index is 1.44. The van der Waals surface area contributed by atoms with Gasteiger partial charge in [0, 0.05) is 35.6 Å². The molecule has 14 heteroatoms. The number of halogens is 2. The fourth-order valence-electron chi connectivity index (χ4n) is 4.78. The van der Waals surface area contributed by atoms with E-state index in [4.69, 9.17) is 11.6 Å². The van der Waals surface area contributed by atoms with Crippen molar-refractivity contribution in [2.24, 2.45) is 0 Å². The summed E-state index contributed by atoms with van der Waals surface area (Å²) in [5.74, 6) is -3.96. The molecule has 230 valence electrons. The number of carboxylic acid groups (broad SMARTS) is 1. The summed E-state index contributed by atoms with van der Waals surface area (Å²) in [5, 5.41) is 28.5. The largest absolute Gasteiger partial charge is 0.477 e. The van der Waals surface area contributed by atoms with E-state index in [-0.39, 0.29) is 45.8 Å². The number of rotatable bonds is 9. The van der Waals surface area contributed by atoms with Gasteiger partial charge in [-0.3, -0.25) is 14.4 Å². The van der Waals surface area contributed by atoms with Crippen LogP contribution in [-0.2, 0) is 16.0 Å². The number of carbonyl (C=O) groups is 4. The number of fused-ring (bicyclic) bond motifs is 1. The maximum atomic E-state index is 14.7. The molecule has 0 saturated heterocycles. The smallest absolute Gasteiger partial charge is 0.352 e. The van der Waals surface area contributed by atoms with Crippen molar-refractivity contribution < 1.29 is 33.9 Å². The first-order valence-corrected chi connectivity index (χ1v) is 13.9. The van der Waals surface area contributed by atoms with E-state index >= 15 is 0 Å². The number of carboxylic acids is 1. The Bertz CT molecular complexity index is 1970. The van der Waals surface area contributed by atoms with E-state index in [1.54, 1.807) is 42.5 Å². The number of hydrogen-bond donors (Lipinski definition) is 6. The van der Waals surface area contributed by atoms with Crippen molar-refractivity contribution in [3.8, 4) is 11.4 Å². The second-order valence-electron chi connectivity index (χ2n) is 10.2. The maximum absolute atomic E-state index is 14.7. The Morgan fingerprint density at radius 2 is 1.73 bits per heavy atom. The minimum atomic E-state index is -1.19. The lowest BCUT2D eigenvalue weighted by Crippen LogP contribution is -2.46. The van der Waals surface area contributed by atoms with Crippen molar-refractivity contribution >= 4 is 57.6 Å². The normalized spacial score (nSPS) is 11.6. The SMILES string of the molecule is CC(=O)Nc1ccc(C[C@H](NC(=O)c2c(C)nc(-c3cccc(Cl)c3F)n2O)C(=O)Nc2ccc3[nH]c(C(=O)O)cc3c2)cc1.